The van der Waals surface area contributed by atoms with Crippen molar-refractivity contribution in [1.82, 2.24) is 0 Å². The van der Waals surface area contributed by atoms with Crippen molar-refractivity contribution in [3.8, 4) is 11.5 Å². The molecule has 0 heterocycles. The highest BCUT2D eigenvalue weighted by molar-refractivity contribution is 5.57. The zero-order valence-corrected chi connectivity index (χ0v) is 8.61. The van der Waals surface area contributed by atoms with Crippen LogP contribution in [0.15, 0.2) is 12.1 Å². The molecule has 17 heavy (non-hydrogen) atoms. The molecule has 0 bridgehead atoms. The van der Waals surface area contributed by atoms with E-state index < -0.39 is 33.8 Å². The zero-order chi connectivity index (χ0) is 13.2. The molecule has 0 saturated heterocycles. The van der Waals surface area contributed by atoms with Crippen molar-refractivity contribution < 1.29 is 27.9 Å². The number of benzene rings is 1. The average Bonchev–Trinajstić information content (AvgIpc) is 2.18. The van der Waals surface area contributed by atoms with Crippen molar-refractivity contribution in [2.24, 2.45) is 0 Å². The van der Waals surface area contributed by atoms with Gasteiger partial charge >= 0.3 is 11.9 Å². The maximum Gasteiger partial charge on any atom is 0.420 e. The first-order valence-corrected chi connectivity index (χ1v) is 4.48. The van der Waals surface area contributed by atoms with Crippen LogP contribution in [-0.4, -0.2) is 16.6 Å². The summed E-state index contributed by atoms with van der Waals surface area (Å²) in [5.41, 5.74) is -2.29. The molecule has 0 amide bonds. The molecule has 0 fully saturated rings. The number of phenols is 1. The van der Waals surface area contributed by atoms with Crippen LogP contribution in [0, 0.1) is 10.1 Å². The molecule has 5 nitrogen and oxygen atoms in total. The van der Waals surface area contributed by atoms with E-state index in [0.29, 0.717) is 12.1 Å². The van der Waals surface area contributed by atoms with Crippen LogP contribution >= 0.6 is 0 Å². The third kappa shape index (κ3) is 2.77. The number of hydrogen-bond acceptors (Lipinski definition) is 4. The van der Waals surface area contributed by atoms with E-state index in [1.165, 1.54) is 6.92 Å². The third-order valence-electron chi connectivity index (χ3n) is 1.84. The standard InChI is InChI=1S/C9H8F3NO4/c1-2-17-8-6(9(10,11)12)3-5(14)4-7(8)13(15)16/h3-4,14H,2H2,1H3. The minimum Gasteiger partial charge on any atom is -0.508 e. The second-order valence-corrected chi connectivity index (χ2v) is 3.03. The summed E-state index contributed by atoms with van der Waals surface area (Å²) >= 11 is 0. The third-order valence-corrected chi connectivity index (χ3v) is 1.84. The normalized spacial score (nSPS) is 11.3. The van der Waals surface area contributed by atoms with Gasteiger partial charge in [0.1, 0.15) is 11.3 Å². The topological polar surface area (TPSA) is 72.6 Å². The highest BCUT2D eigenvalue weighted by Gasteiger charge is 2.38. The Labute approximate surface area is 93.6 Å². The van der Waals surface area contributed by atoms with Crippen LogP contribution in [0.1, 0.15) is 12.5 Å². The van der Waals surface area contributed by atoms with Gasteiger partial charge in [-0.15, -0.1) is 0 Å². The van der Waals surface area contributed by atoms with Crippen LogP contribution in [0.3, 0.4) is 0 Å². The minimum atomic E-state index is -4.84. The fraction of sp³-hybridized carbons (Fsp3) is 0.333. The Kier molecular flexibility index (Phi) is 3.45. The summed E-state index contributed by atoms with van der Waals surface area (Å²) in [5.74, 6) is -1.73. The molecule has 0 aliphatic rings. The van der Waals surface area contributed by atoms with Crippen LogP contribution in [0.25, 0.3) is 0 Å². The predicted molar refractivity (Wildman–Crippen MR) is 50.9 cm³/mol. The Balaban J connectivity index is 3.51. The highest BCUT2D eigenvalue weighted by atomic mass is 19.4. The van der Waals surface area contributed by atoms with Gasteiger partial charge < -0.3 is 9.84 Å². The number of aromatic hydroxyl groups is 1. The molecule has 1 aromatic carbocycles. The molecule has 0 aromatic heterocycles. The summed E-state index contributed by atoms with van der Waals surface area (Å²) in [6.07, 6.45) is -4.84. The van der Waals surface area contributed by atoms with Gasteiger partial charge in [-0.25, -0.2) is 0 Å². The molecular formula is C9H8F3NO4. The average molecular weight is 251 g/mol. The van der Waals surface area contributed by atoms with Crippen molar-refractivity contribution in [3.05, 3.63) is 27.8 Å². The summed E-state index contributed by atoms with van der Waals surface area (Å²) in [4.78, 5) is 9.53. The lowest BCUT2D eigenvalue weighted by Gasteiger charge is -2.13. The lowest BCUT2D eigenvalue weighted by Crippen LogP contribution is -2.10. The van der Waals surface area contributed by atoms with Gasteiger partial charge in [-0.05, 0) is 13.0 Å². The van der Waals surface area contributed by atoms with Crippen LogP contribution < -0.4 is 4.74 Å². The summed E-state index contributed by atoms with van der Waals surface area (Å²) in [6.45, 7) is 1.24. The van der Waals surface area contributed by atoms with E-state index in [9.17, 15) is 23.3 Å². The maximum atomic E-state index is 12.6. The molecule has 1 N–H and O–H groups in total. The number of alkyl halides is 3. The van der Waals surface area contributed by atoms with Crippen LogP contribution in [0.4, 0.5) is 18.9 Å². The Morgan fingerprint density at radius 3 is 2.47 bits per heavy atom. The quantitative estimate of drug-likeness (QED) is 0.662. The van der Waals surface area contributed by atoms with Crippen molar-refractivity contribution >= 4 is 5.69 Å². The van der Waals surface area contributed by atoms with E-state index in [0.717, 1.165) is 0 Å². The minimum absolute atomic E-state index is 0.158. The zero-order valence-electron chi connectivity index (χ0n) is 8.61. The van der Waals surface area contributed by atoms with E-state index in [4.69, 9.17) is 5.11 Å². The number of halogens is 3. The van der Waals surface area contributed by atoms with Crippen LogP contribution in [0.5, 0.6) is 11.5 Å². The van der Waals surface area contributed by atoms with Gasteiger partial charge in [-0.2, -0.15) is 13.2 Å². The Bertz CT molecular complexity index is 445. The number of nitro benzene ring substituents is 1. The first-order chi connectivity index (χ1) is 7.77. The SMILES string of the molecule is CCOc1c([N+](=O)[O-])cc(O)cc1C(F)(F)F. The molecule has 0 atom stereocenters. The molecule has 0 unspecified atom stereocenters. The molecular weight excluding hydrogens is 243 g/mol. The van der Waals surface area contributed by atoms with Gasteiger partial charge in [-0.1, -0.05) is 0 Å². The summed E-state index contributed by atoms with van der Waals surface area (Å²) in [6, 6.07) is 0.998. The van der Waals surface area contributed by atoms with E-state index in [1.807, 2.05) is 0 Å². The van der Waals surface area contributed by atoms with Gasteiger partial charge in [0.2, 0.25) is 5.75 Å². The fourth-order valence-corrected chi connectivity index (χ4v) is 1.24. The largest absolute Gasteiger partial charge is 0.508 e. The highest BCUT2D eigenvalue weighted by Crippen LogP contribution is 2.43. The lowest BCUT2D eigenvalue weighted by atomic mass is 10.1. The van der Waals surface area contributed by atoms with Gasteiger partial charge in [-0.3, -0.25) is 10.1 Å². The van der Waals surface area contributed by atoms with Crippen LogP contribution in [0.2, 0.25) is 0 Å². The molecule has 94 valence electrons. The molecule has 0 aliphatic heterocycles. The number of rotatable bonds is 3. The maximum absolute atomic E-state index is 12.6. The summed E-state index contributed by atoms with van der Waals surface area (Å²) < 4.78 is 42.4. The number of nitro groups is 1. The van der Waals surface area contributed by atoms with E-state index in [2.05, 4.69) is 4.74 Å². The van der Waals surface area contributed by atoms with E-state index >= 15 is 0 Å². The van der Waals surface area contributed by atoms with Crippen molar-refractivity contribution in [2.45, 2.75) is 13.1 Å². The fourth-order valence-electron chi connectivity index (χ4n) is 1.24. The molecule has 0 saturated carbocycles. The van der Waals surface area contributed by atoms with Gasteiger partial charge in [0.15, 0.2) is 0 Å². The van der Waals surface area contributed by atoms with Crippen LogP contribution in [-0.2, 0) is 6.18 Å². The second-order valence-electron chi connectivity index (χ2n) is 3.03. The lowest BCUT2D eigenvalue weighted by molar-refractivity contribution is -0.386. The molecule has 0 aliphatic carbocycles. The Hall–Kier alpha value is -1.99. The smallest absolute Gasteiger partial charge is 0.420 e. The number of ether oxygens (including phenoxy) is 1. The number of nitrogens with zero attached hydrogens (tertiary/aromatic N) is 1. The van der Waals surface area contributed by atoms with Crippen molar-refractivity contribution in [2.75, 3.05) is 6.61 Å². The van der Waals surface area contributed by atoms with Gasteiger partial charge in [0.25, 0.3) is 0 Å². The monoisotopic (exact) mass is 251 g/mol. The molecule has 1 aromatic rings. The first-order valence-electron chi connectivity index (χ1n) is 4.48. The van der Waals surface area contributed by atoms with Gasteiger partial charge in [0.05, 0.1) is 17.6 Å². The van der Waals surface area contributed by atoms with E-state index in [1.54, 1.807) is 0 Å². The Morgan fingerprint density at radius 2 is 2.06 bits per heavy atom. The molecule has 8 heteroatoms. The molecule has 1 rings (SSSR count). The first kappa shape index (κ1) is 13.1. The van der Waals surface area contributed by atoms with Crippen molar-refractivity contribution in [3.63, 3.8) is 0 Å². The van der Waals surface area contributed by atoms with Crippen molar-refractivity contribution in [1.29, 1.82) is 0 Å². The molecule has 0 spiro atoms. The Morgan fingerprint density at radius 1 is 1.47 bits per heavy atom. The van der Waals surface area contributed by atoms with E-state index in [-0.39, 0.29) is 6.61 Å². The summed E-state index contributed by atoms with van der Waals surface area (Å²) in [5, 5.41) is 19.6. The molecule has 0 radical (unpaired) electrons. The number of phenolic OH excluding ortho intramolecular Hbond substituents is 1. The number of hydrogen-bond donors (Lipinski definition) is 1. The predicted octanol–water partition coefficient (Wildman–Crippen LogP) is 2.72. The van der Waals surface area contributed by atoms with Gasteiger partial charge in [0, 0.05) is 0 Å². The second kappa shape index (κ2) is 4.48. The summed E-state index contributed by atoms with van der Waals surface area (Å²) in [7, 11) is 0.